The number of aliphatic hydroxyl groups is 1. The van der Waals surface area contributed by atoms with E-state index in [0.29, 0.717) is 39.8 Å². The summed E-state index contributed by atoms with van der Waals surface area (Å²) in [5, 5.41) is 13.7. The van der Waals surface area contributed by atoms with Crippen LogP contribution >= 0.6 is 23.2 Å². The molecule has 4 amide bonds. The standard InChI is InChI=1S/C35H31Cl2N3O7/c1-46-20-9-6-18(7-10-20)35-25(33(44)40(34(35)45)39-27-13-8-19(36)16-26(27)37)17-24-21(11-12-23-29(24)32(43)38-31(23)42)30(35)22-4-2-3-5-28(22)47-15-14-41/h2-11,13,16,23-25,29-30,39,41H,12,14-15,17H2,1H3,(H,38,42,43). The fourth-order valence-corrected chi connectivity index (χ4v) is 8.56. The van der Waals surface area contributed by atoms with Crippen molar-refractivity contribution < 1.29 is 33.8 Å². The van der Waals surface area contributed by atoms with Gasteiger partial charge in [0.1, 0.15) is 18.1 Å². The summed E-state index contributed by atoms with van der Waals surface area (Å²) in [5.41, 5.74) is 3.75. The number of imide groups is 2. The van der Waals surface area contributed by atoms with Crippen molar-refractivity contribution in [3.63, 3.8) is 0 Å². The van der Waals surface area contributed by atoms with Gasteiger partial charge in [-0.05, 0) is 60.7 Å². The molecule has 3 aromatic rings. The number of allylic oxidation sites excluding steroid dienone is 2. The van der Waals surface area contributed by atoms with Crippen LogP contribution in [0, 0.1) is 23.7 Å². The molecule has 1 saturated carbocycles. The number of anilines is 1. The fraction of sp³-hybridized carbons (Fsp3) is 0.314. The molecule has 0 bridgehead atoms. The summed E-state index contributed by atoms with van der Waals surface area (Å²) in [6.45, 7) is -0.234. The number of amides is 4. The third-order valence-corrected chi connectivity index (χ3v) is 10.5. The van der Waals surface area contributed by atoms with Gasteiger partial charge in [-0.2, -0.15) is 5.01 Å². The molecule has 47 heavy (non-hydrogen) atoms. The first-order valence-electron chi connectivity index (χ1n) is 15.3. The van der Waals surface area contributed by atoms with E-state index in [9.17, 15) is 19.5 Å². The Bertz CT molecular complexity index is 1830. The van der Waals surface area contributed by atoms with Crippen molar-refractivity contribution in [2.45, 2.75) is 24.2 Å². The number of methoxy groups -OCH3 is 1. The largest absolute Gasteiger partial charge is 0.497 e. The van der Waals surface area contributed by atoms with E-state index < -0.39 is 46.8 Å². The predicted octanol–water partition coefficient (Wildman–Crippen LogP) is 4.65. The number of nitrogens with zero attached hydrogens (tertiary/aromatic N) is 1. The summed E-state index contributed by atoms with van der Waals surface area (Å²) in [5.74, 6) is -4.24. The Hall–Kier alpha value is -4.38. The Morgan fingerprint density at radius 2 is 1.77 bits per heavy atom. The lowest BCUT2D eigenvalue weighted by molar-refractivity contribution is -0.138. The highest BCUT2D eigenvalue weighted by Gasteiger charge is 2.70. The number of nitrogens with one attached hydrogen (secondary N) is 2. The van der Waals surface area contributed by atoms with Gasteiger partial charge in [0.2, 0.25) is 11.8 Å². The van der Waals surface area contributed by atoms with Gasteiger partial charge in [0, 0.05) is 16.5 Å². The molecule has 2 aliphatic carbocycles. The minimum absolute atomic E-state index is 0.00239. The first-order valence-corrected chi connectivity index (χ1v) is 16.1. The molecule has 0 spiro atoms. The average Bonchev–Trinajstić information content (AvgIpc) is 3.48. The van der Waals surface area contributed by atoms with Crippen LogP contribution in [0.15, 0.2) is 78.4 Å². The van der Waals surface area contributed by atoms with Gasteiger partial charge in [0.15, 0.2) is 0 Å². The van der Waals surface area contributed by atoms with Crippen molar-refractivity contribution in [3.8, 4) is 11.5 Å². The summed E-state index contributed by atoms with van der Waals surface area (Å²) >= 11 is 12.6. The van der Waals surface area contributed by atoms with Gasteiger partial charge in [0.25, 0.3) is 11.8 Å². The van der Waals surface area contributed by atoms with Crippen LogP contribution in [0.25, 0.3) is 0 Å². The first kappa shape index (κ1) is 31.2. The van der Waals surface area contributed by atoms with Crippen molar-refractivity contribution >= 4 is 52.5 Å². The number of hydrogen-bond acceptors (Lipinski definition) is 8. The molecule has 2 saturated heterocycles. The minimum Gasteiger partial charge on any atom is -0.497 e. The number of carbonyl (C=O) groups is 4. The zero-order valence-corrected chi connectivity index (χ0v) is 26.8. The van der Waals surface area contributed by atoms with Gasteiger partial charge >= 0.3 is 0 Å². The summed E-state index contributed by atoms with van der Waals surface area (Å²) in [7, 11) is 1.54. The Labute approximate surface area is 280 Å². The second-order valence-corrected chi connectivity index (χ2v) is 13.0. The smallest absolute Gasteiger partial charge is 0.260 e. The Morgan fingerprint density at radius 3 is 2.49 bits per heavy atom. The molecule has 2 aliphatic heterocycles. The zero-order valence-electron chi connectivity index (χ0n) is 25.2. The third kappa shape index (κ3) is 4.80. The maximum atomic E-state index is 15.2. The molecular weight excluding hydrogens is 645 g/mol. The Kier molecular flexibility index (Phi) is 7.98. The molecule has 12 heteroatoms. The number of hydrazine groups is 1. The van der Waals surface area contributed by atoms with Gasteiger partial charge in [-0.15, -0.1) is 0 Å². The number of rotatable bonds is 8. The Morgan fingerprint density at radius 1 is 1.00 bits per heavy atom. The lowest BCUT2D eigenvalue weighted by Crippen LogP contribution is -2.53. The van der Waals surface area contributed by atoms with Gasteiger partial charge < -0.3 is 14.6 Å². The fourth-order valence-electron chi connectivity index (χ4n) is 8.10. The van der Waals surface area contributed by atoms with Crippen LogP contribution in [0.2, 0.25) is 10.0 Å². The van der Waals surface area contributed by atoms with Crippen LogP contribution < -0.4 is 20.2 Å². The highest BCUT2D eigenvalue weighted by Crippen LogP contribution is 2.64. The van der Waals surface area contributed by atoms with E-state index in [1.807, 2.05) is 18.2 Å². The second-order valence-electron chi connectivity index (χ2n) is 12.2. The van der Waals surface area contributed by atoms with E-state index in [4.69, 9.17) is 32.7 Å². The molecule has 3 fully saturated rings. The van der Waals surface area contributed by atoms with Crippen molar-refractivity contribution in [2.24, 2.45) is 23.7 Å². The summed E-state index contributed by atoms with van der Waals surface area (Å²) in [4.78, 5) is 56.1. The lowest BCUT2D eigenvalue weighted by Gasteiger charge is -2.50. The molecule has 0 radical (unpaired) electrons. The average molecular weight is 677 g/mol. The van der Waals surface area contributed by atoms with Crippen molar-refractivity contribution in [2.75, 3.05) is 25.7 Å². The quantitative estimate of drug-likeness (QED) is 0.232. The van der Waals surface area contributed by atoms with E-state index in [1.54, 1.807) is 55.6 Å². The molecule has 4 aliphatic rings. The molecule has 3 aromatic carbocycles. The summed E-state index contributed by atoms with van der Waals surface area (Å²) < 4.78 is 11.5. The number of fused-ring (bicyclic) bond motifs is 4. The third-order valence-electron chi connectivity index (χ3n) is 10.0. The molecule has 242 valence electrons. The molecule has 6 unspecified atom stereocenters. The Balaban J connectivity index is 1.48. The lowest BCUT2D eigenvalue weighted by atomic mass is 9.49. The van der Waals surface area contributed by atoms with Gasteiger partial charge in [0.05, 0.1) is 47.6 Å². The minimum atomic E-state index is -1.51. The normalized spacial score (nSPS) is 27.9. The second kappa shape index (κ2) is 12.0. The highest BCUT2D eigenvalue weighted by atomic mass is 35.5. The van der Waals surface area contributed by atoms with Gasteiger partial charge in [-0.25, -0.2) is 0 Å². The molecule has 7 rings (SSSR count). The number of ether oxygens (including phenoxy) is 2. The van der Waals surface area contributed by atoms with Crippen LogP contribution in [0.4, 0.5) is 5.69 Å². The predicted molar refractivity (Wildman–Crippen MR) is 173 cm³/mol. The van der Waals surface area contributed by atoms with Crippen LogP contribution in [-0.4, -0.2) is 54.1 Å². The summed E-state index contributed by atoms with van der Waals surface area (Å²) in [6, 6.07) is 19.0. The van der Waals surface area contributed by atoms with E-state index in [1.165, 1.54) is 6.07 Å². The SMILES string of the molecule is COc1ccc(C23C(=O)N(Nc4ccc(Cl)cc4Cl)C(=O)C2CC2C(=CCC4C(=O)NC(=O)C42)C3c2ccccc2OCCO)cc1. The molecule has 6 atom stereocenters. The number of halogens is 2. The first-order chi connectivity index (χ1) is 22.7. The van der Waals surface area contributed by atoms with Gasteiger partial charge in [-0.3, -0.25) is 29.9 Å². The topological polar surface area (TPSA) is 134 Å². The molecule has 10 nitrogen and oxygen atoms in total. The molecule has 0 aromatic heterocycles. The molecular formula is C35H31Cl2N3O7. The van der Waals surface area contributed by atoms with Crippen molar-refractivity contribution in [1.29, 1.82) is 0 Å². The van der Waals surface area contributed by atoms with Crippen molar-refractivity contribution in [1.82, 2.24) is 10.3 Å². The highest BCUT2D eigenvalue weighted by molar-refractivity contribution is 6.36. The van der Waals surface area contributed by atoms with Crippen molar-refractivity contribution in [3.05, 3.63) is 99.6 Å². The molecule has 2 heterocycles. The molecule has 3 N–H and O–H groups in total. The van der Waals surface area contributed by atoms with Crippen LogP contribution in [0.3, 0.4) is 0 Å². The van der Waals surface area contributed by atoms with Crippen LogP contribution in [-0.2, 0) is 24.6 Å². The van der Waals surface area contributed by atoms with Gasteiger partial charge in [-0.1, -0.05) is 65.2 Å². The monoisotopic (exact) mass is 675 g/mol. The van der Waals surface area contributed by atoms with E-state index in [0.717, 1.165) is 10.6 Å². The number of hydrogen-bond donors (Lipinski definition) is 3. The van der Waals surface area contributed by atoms with Crippen LogP contribution in [0.1, 0.15) is 29.9 Å². The van der Waals surface area contributed by atoms with E-state index in [2.05, 4.69) is 10.7 Å². The summed E-state index contributed by atoms with van der Waals surface area (Å²) in [6.07, 6.45) is 2.41. The number of benzene rings is 3. The maximum Gasteiger partial charge on any atom is 0.260 e. The van der Waals surface area contributed by atoms with Crippen LogP contribution in [0.5, 0.6) is 11.5 Å². The zero-order chi connectivity index (χ0) is 33.0. The number of para-hydroxylation sites is 1. The van der Waals surface area contributed by atoms with E-state index in [-0.39, 0.29) is 36.5 Å². The van der Waals surface area contributed by atoms with E-state index >= 15 is 4.79 Å². The maximum absolute atomic E-state index is 15.2. The number of carbonyl (C=O) groups excluding carboxylic acids is 4. The number of aliphatic hydroxyl groups excluding tert-OH is 1.